The van der Waals surface area contributed by atoms with Crippen molar-refractivity contribution in [2.45, 2.75) is 51.2 Å². The largest absolute Gasteiger partial charge is 0.412 e. The van der Waals surface area contributed by atoms with Crippen LogP contribution in [-0.2, 0) is 4.79 Å². The van der Waals surface area contributed by atoms with Crippen LogP contribution in [0.3, 0.4) is 0 Å². The maximum atomic E-state index is 12.7. The molecule has 0 radical (unpaired) electrons. The van der Waals surface area contributed by atoms with Crippen molar-refractivity contribution < 1.29 is 18.0 Å². The van der Waals surface area contributed by atoms with Crippen LogP contribution in [0.5, 0.6) is 0 Å². The minimum absolute atomic E-state index is 0.00309. The minimum Gasteiger partial charge on any atom is -0.347 e. The number of hydrazone groups is 1. The molecule has 1 aromatic carbocycles. The number of unbranched alkanes of at least 4 members (excludes halogenated alkanes) is 2. The molecular formula is C24H30F3N3O. The van der Waals surface area contributed by atoms with E-state index in [0.29, 0.717) is 17.7 Å². The van der Waals surface area contributed by atoms with Gasteiger partial charge in [-0.2, -0.15) is 18.3 Å². The van der Waals surface area contributed by atoms with Gasteiger partial charge in [0, 0.05) is 25.1 Å². The van der Waals surface area contributed by atoms with Gasteiger partial charge >= 0.3 is 6.18 Å². The van der Waals surface area contributed by atoms with Gasteiger partial charge in [0.1, 0.15) is 5.71 Å². The molecule has 1 N–H and O–H groups in total. The SMILES string of the molecule is C=C/C(=C\CC(=C)C(F)(F)F)CNC(=O)C1=NN(CCCCC)C(c2ccccc2)C1. The first-order chi connectivity index (χ1) is 14.8. The van der Waals surface area contributed by atoms with Gasteiger partial charge in [-0.1, -0.05) is 75.4 Å². The van der Waals surface area contributed by atoms with Crippen LogP contribution in [0.1, 0.15) is 50.6 Å². The molecule has 0 aliphatic carbocycles. The first kappa shape index (κ1) is 24.4. The summed E-state index contributed by atoms with van der Waals surface area (Å²) in [5, 5.41) is 9.28. The van der Waals surface area contributed by atoms with Gasteiger partial charge in [0.05, 0.1) is 6.04 Å². The number of carbonyl (C=O) groups is 1. The summed E-state index contributed by atoms with van der Waals surface area (Å²) in [6, 6.07) is 9.94. The number of nitrogens with zero attached hydrogens (tertiary/aromatic N) is 2. The normalized spacial score (nSPS) is 16.8. The zero-order valence-corrected chi connectivity index (χ0v) is 17.9. The van der Waals surface area contributed by atoms with Crippen LogP contribution in [0.25, 0.3) is 0 Å². The maximum absolute atomic E-state index is 12.7. The van der Waals surface area contributed by atoms with Crippen LogP contribution >= 0.6 is 0 Å². The van der Waals surface area contributed by atoms with Crippen molar-refractivity contribution in [2.75, 3.05) is 13.1 Å². The van der Waals surface area contributed by atoms with E-state index in [1.165, 1.54) is 12.2 Å². The average Bonchev–Trinajstić information content (AvgIpc) is 3.18. The number of allylic oxidation sites excluding steroid dienone is 2. The average molecular weight is 434 g/mol. The van der Waals surface area contributed by atoms with Crippen molar-refractivity contribution in [2.24, 2.45) is 5.10 Å². The van der Waals surface area contributed by atoms with Gasteiger partial charge in [0.2, 0.25) is 0 Å². The van der Waals surface area contributed by atoms with Gasteiger partial charge in [-0.15, -0.1) is 0 Å². The number of hydrogen-bond donors (Lipinski definition) is 1. The lowest BCUT2D eigenvalue weighted by molar-refractivity contribution is -0.114. The molecule has 0 bridgehead atoms. The monoisotopic (exact) mass is 433 g/mol. The number of amides is 1. The van der Waals surface area contributed by atoms with Crippen molar-refractivity contribution >= 4 is 11.6 Å². The molecule has 0 spiro atoms. The van der Waals surface area contributed by atoms with Crippen LogP contribution in [0.15, 0.2) is 71.9 Å². The van der Waals surface area contributed by atoms with Crippen molar-refractivity contribution in [3.8, 4) is 0 Å². The molecule has 31 heavy (non-hydrogen) atoms. The molecule has 168 valence electrons. The summed E-state index contributed by atoms with van der Waals surface area (Å²) in [5.74, 6) is -0.318. The maximum Gasteiger partial charge on any atom is 0.412 e. The Labute approximate surface area is 182 Å². The summed E-state index contributed by atoms with van der Waals surface area (Å²) < 4.78 is 37.8. The van der Waals surface area contributed by atoms with E-state index in [1.807, 2.05) is 35.3 Å². The van der Waals surface area contributed by atoms with Gasteiger partial charge in [-0.05, 0) is 24.0 Å². The molecule has 0 saturated heterocycles. The second kappa shape index (κ2) is 11.5. The lowest BCUT2D eigenvalue weighted by Crippen LogP contribution is -2.31. The molecular weight excluding hydrogens is 403 g/mol. The van der Waals surface area contributed by atoms with E-state index in [1.54, 1.807) is 0 Å². The fourth-order valence-corrected chi connectivity index (χ4v) is 3.27. The van der Waals surface area contributed by atoms with E-state index < -0.39 is 11.7 Å². The second-order valence-electron chi connectivity index (χ2n) is 7.52. The Hall–Kier alpha value is -2.83. The molecule has 0 fully saturated rings. The van der Waals surface area contributed by atoms with E-state index in [4.69, 9.17) is 0 Å². The summed E-state index contributed by atoms with van der Waals surface area (Å²) >= 11 is 0. The van der Waals surface area contributed by atoms with E-state index in [9.17, 15) is 18.0 Å². The summed E-state index contributed by atoms with van der Waals surface area (Å²) in [6.45, 7) is 9.65. The lowest BCUT2D eigenvalue weighted by Gasteiger charge is -2.23. The van der Waals surface area contributed by atoms with Crippen molar-refractivity contribution in [1.82, 2.24) is 10.3 Å². The zero-order valence-electron chi connectivity index (χ0n) is 17.9. The Balaban J connectivity index is 2.01. The Morgan fingerprint density at radius 3 is 2.61 bits per heavy atom. The summed E-state index contributed by atoms with van der Waals surface area (Å²) in [4.78, 5) is 12.7. The smallest absolute Gasteiger partial charge is 0.347 e. The van der Waals surface area contributed by atoms with E-state index in [-0.39, 0.29) is 24.9 Å². The molecule has 4 nitrogen and oxygen atoms in total. The first-order valence-electron chi connectivity index (χ1n) is 10.5. The molecule has 1 atom stereocenters. The quantitative estimate of drug-likeness (QED) is 0.276. The number of halogens is 3. The van der Waals surface area contributed by atoms with Gasteiger partial charge in [0.15, 0.2) is 0 Å². The van der Waals surface area contributed by atoms with E-state index in [0.717, 1.165) is 31.4 Å². The predicted octanol–water partition coefficient (Wildman–Crippen LogP) is 5.72. The van der Waals surface area contributed by atoms with Crippen LogP contribution in [0.2, 0.25) is 0 Å². The number of nitrogens with one attached hydrogen (secondary N) is 1. The van der Waals surface area contributed by atoms with Crippen LogP contribution in [0, 0.1) is 0 Å². The molecule has 1 aliphatic rings. The summed E-state index contributed by atoms with van der Waals surface area (Å²) in [7, 11) is 0. The minimum atomic E-state index is -4.43. The predicted molar refractivity (Wildman–Crippen MR) is 119 cm³/mol. The van der Waals surface area contributed by atoms with E-state index in [2.05, 4.69) is 30.5 Å². The van der Waals surface area contributed by atoms with Crippen molar-refractivity contribution in [1.29, 1.82) is 0 Å². The summed E-state index contributed by atoms with van der Waals surface area (Å²) in [6.07, 6.45) is 1.70. The highest BCUT2D eigenvalue weighted by atomic mass is 19.4. The van der Waals surface area contributed by atoms with Gasteiger partial charge in [-0.25, -0.2) is 0 Å². The number of rotatable bonds is 11. The van der Waals surface area contributed by atoms with Crippen LogP contribution < -0.4 is 5.32 Å². The fourth-order valence-electron chi connectivity index (χ4n) is 3.27. The molecule has 1 heterocycles. The third kappa shape index (κ3) is 7.42. The van der Waals surface area contributed by atoms with Gasteiger partial charge < -0.3 is 5.32 Å². The topological polar surface area (TPSA) is 44.7 Å². The Morgan fingerprint density at radius 2 is 2.00 bits per heavy atom. The molecule has 1 amide bonds. The van der Waals surface area contributed by atoms with E-state index >= 15 is 0 Å². The Morgan fingerprint density at radius 1 is 1.29 bits per heavy atom. The highest BCUT2D eigenvalue weighted by Gasteiger charge is 2.32. The highest BCUT2D eigenvalue weighted by Crippen LogP contribution is 2.31. The number of hydrogen-bond acceptors (Lipinski definition) is 3. The van der Waals surface area contributed by atoms with Gasteiger partial charge in [-0.3, -0.25) is 9.80 Å². The van der Waals surface area contributed by atoms with Crippen molar-refractivity contribution in [3.63, 3.8) is 0 Å². The van der Waals surface area contributed by atoms with Gasteiger partial charge in [0.25, 0.3) is 5.91 Å². The molecule has 7 heteroatoms. The first-order valence-corrected chi connectivity index (χ1v) is 10.5. The molecule has 0 aromatic heterocycles. The van der Waals surface area contributed by atoms with Crippen molar-refractivity contribution in [3.05, 3.63) is 72.4 Å². The zero-order chi connectivity index (χ0) is 22.9. The third-order valence-corrected chi connectivity index (χ3v) is 5.16. The lowest BCUT2D eigenvalue weighted by atomic mass is 10.0. The molecule has 0 saturated carbocycles. The third-order valence-electron chi connectivity index (χ3n) is 5.16. The molecule has 1 unspecified atom stereocenters. The molecule has 1 aromatic rings. The number of carbonyl (C=O) groups excluding carboxylic acids is 1. The molecule has 2 rings (SSSR count). The second-order valence-corrected chi connectivity index (χ2v) is 7.52. The number of alkyl halides is 3. The van der Waals surface area contributed by atoms with Crippen LogP contribution in [-0.4, -0.2) is 35.9 Å². The highest BCUT2D eigenvalue weighted by molar-refractivity contribution is 6.39. The summed E-state index contributed by atoms with van der Waals surface area (Å²) in [5.41, 5.74) is 1.18. The number of benzene rings is 1. The Bertz CT molecular complexity index is 828. The standard InChI is InChI=1S/C24H30F3N3O/c1-4-6-10-15-30-22(20-11-8-7-9-12-20)16-21(29-30)23(31)28-17-19(5-2)14-13-18(3)24(25,26)27/h5,7-9,11-12,14,22H,2-4,6,10,13,15-17H2,1H3,(H,28,31)/b19-14+. The Kier molecular flexibility index (Phi) is 9.09. The molecule has 1 aliphatic heterocycles. The fraction of sp³-hybridized carbons (Fsp3) is 0.417. The van der Waals surface area contributed by atoms with Crippen LogP contribution in [0.4, 0.5) is 13.2 Å².